The minimum Gasteiger partial charge on any atom is -0.343 e. The molecule has 2 atom stereocenters. The van der Waals surface area contributed by atoms with E-state index in [2.05, 4.69) is 11.8 Å². The maximum atomic E-state index is 12.5. The van der Waals surface area contributed by atoms with Gasteiger partial charge in [0.25, 0.3) is 0 Å². The fraction of sp³-hybridized carbons (Fsp3) is 0.941. The Labute approximate surface area is 124 Å². The molecule has 2 rings (SSSR count). The summed E-state index contributed by atoms with van der Waals surface area (Å²) in [5.41, 5.74) is 5.73. The molecule has 3 nitrogen and oxygen atoms in total. The molecule has 2 unspecified atom stereocenters. The number of nitrogens with zero attached hydrogens (tertiary/aromatic N) is 1. The Hall–Kier alpha value is -0.570. The van der Waals surface area contributed by atoms with Crippen LogP contribution in [-0.2, 0) is 4.79 Å². The van der Waals surface area contributed by atoms with Crippen LogP contribution >= 0.6 is 0 Å². The zero-order chi connectivity index (χ0) is 14.5. The van der Waals surface area contributed by atoms with Gasteiger partial charge in [0.2, 0.25) is 5.91 Å². The number of carbonyl (C=O) groups is 1. The van der Waals surface area contributed by atoms with Gasteiger partial charge in [-0.15, -0.1) is 0 Å². The lowest BCUT2D eigenvalue weighted by molar-refractivity contribution is -0.134. The molecule has 1 amide bonds. The number of nitrogens with two attached hydrogens (primary N) is 1. The summed E-state index contributed by atoms with van der Waals surface area (Å²) in [5, 5.41) is 0. The molecule has 0 aromatic heterocycles. The van der Waals surface area contributed by atoms with E-state index < -0.39 is 0 Å². The second-order valence-corrected chi connectivity index (χ2v) is 7.26. The average molecular weight is 280 g/mol. The molecule has 0 saturated heterocycles. The molecule has 0 aliphatic heterocycles. The summed E-state index contributed by atoms with van der Waals surface area (Å²) in [5.74, 6) is 2.47. The predicted octanol–water partition coefficient (Wildman–Crippen LogP) is 3.18. The first-order chi connectivity index (χ1) is 9.60. The Morgan fingerprint density at radius 1 is 1.10 bits per heavy atom. The summed E-state index contributed by atoms with van der Waals surface area (Å²) in [6.45, 7) is 3.14. The van der Waals surface area contributed by atoms with Gasteiger partial charge in [0.1, 0.15) is 0 Å². The molecule has 0 bridgehead atoms. The van der Waals surface area contributed by atoms with Crippen LogP contribution in [0.1, 0.15) is 64.7 Å². The minimum absolute atomic E-state index is 0.375. The molecule has 2 aliphatic rings. The van der Waals surface area contributed by atoms with Crippen LogP contribution in [0.25, 0.3) is 0 Å². The van der Waals surface area contributed by atoms with Gasteiger partial charge < -0.3 is 10.6 Å². The van der Waals surface area contributed by atoms with Crippen molar-refractivity contribution in [3.8, 4) is 0 Å². The molecular weight excluding hydrogens is 248 g/mol. The quantitative estimate of drug-likeness (QED) is 0.859. The van der Waals surface area contributed by atoms with Gasteiger partial charge in [0, 0.05) is 19.5 Å². The Bertz CT molecular complexity index is 310. The number of rotatable bonds is 4. The second kappa shape index (κ2) is 7.44. The molecule has 2 saturated carbocycles. The van der Waals surface area contributed by atoms with Gasteiger partial charge in [-0.1, -0.05) is 19.8 Å². The molecule has 2 fully saturated rings. The summed E-state index contributed by atoms with van der Waals surface area (Å²) >= 11 is 0. The third kappa shape index (κ3) is 4.21. The first-order valence-corrected chi connectivity index (χ1v) is 8.55. The van der Waals surface area contributed by atoms with Gasteiger partial charge in [0.15, 0.2) is 0 Å². The lowest BCUT2D eigenvalue weighted by atomic mass is 9.80. The third-order valence-electron chi connectivity index (χ3n) is 5.61. The zero-order valence-electron chi connectivity index (χ0n) is 13.3. The van der Waals surface area contributed by atoms with Gasteiger partial charge in [0.05, 0.1) is 0 Å². The van der Waals surface area contributed by atoms with E-state index >= 15 is 0 Å². The Morgan fingerprint density at radius 2 is 1.75 bits per heavy atom. The van der Waals surface area contributed by atoms with Crippen molar-refractivity contribution >= 4 is 5.91 Å². The largest absolute Gasteiger partial charge is 0.343 e. The summed E-state index contributed by atoms with van der Waals surface area (Å²) in [7, 11) is 2.02. The molecule has 0 radical (unpaired) electrons. The summed E-state index contributed by atoms with van der Waals surface area (Å²) < 4.78 is 0. The van der Waals surface area contributed by atoms with E-state index in [1.807, 2.05) is 7.05 Å². The van der Waals surface area contributed by atoms with Crippen molar-refractivity contribution < 1.29 is 4.79 Å². The maximum absolute atomic E-state index is 12.5. The fourth-order valence-corrected chi connectivity index (χ4v) is 4.02. The van der Waals surface area contributed by atoms with Crippen molar-refractivity contribution in [3.63, 3.8) is 0 Å². The molecule has 20 heavy (non-hydrogen) atoms. The van der Waals surface area contributed by atoms with Gasteiger partial charge in [-0.05, 0) is 62.8 Å². The van der Waals surface area contributed by atoms with Crippen molar-refractivity contribution in [1.82, 2.24) is 4.90 Å². The Kier molecular flexibility index (Phi) is 5.88. The molecule has 0 heterocycles. The van der Waals surface area contributed by atoms with E-state index in [0.717, 1.165) is 18.9 Å². The first kappa shape index (κ1) is 15.8. The van der Waals surface area contributed by atoms with E-state index in [1.54, 1.807) is 0 Å². The molecule has 2 N–H and O–H groups in total. The molecule has 3 heteroatoms. The molecule has 116 valence electrons. The third-order valence-corrected chi connectivity index (χ3v) is 5.61. The van der Waals surface area contributed by atoms with Crippen LogP contribution in [0.4, 0.5) is 0 Å². The topological polar surface area (TPSA) is 46.3 Å². The van der Waals surface area contributed by atoms with E-state index in [0.29, 0.717) is 23.8 Å². The molecule has 0 aromatic carbocycles. The lowest BCUT2D eigenvalue weighted by Crippen LogP contribution is -2.40. The fourth-order valence-electron chi connectivity index (χ4n) is 4.02. The van der Waals surface area contributed by atoms with Crippen LogP contribution < -0.4 is 5.73 Å². The van der Waals surface area contributed by atoms with Crippen molar-refractivity contribution in [2.45, 2.75) is 70.8 Å². The van der Waals surface area contributed by atoms with E-state index in [-0.39, 0.29) is 0 Å². The highest BCUT2D eigenvalue weighted by atomic mass is 16.2. The van der Waals surface area contributed by atoms with Crippen LogP contribution in [0.5, 0.6) is 0 Å². The predicted molar refractivity (Wildman–Crippen MR) is 83.3 cm³/mol. The summed E-state index contributed by atoms with van der Waals surface area (Å²) in [4.78, 5) is 14.5. The van der Waals surface area contributed by atoms with Crippen LogP contribution in [0, 0.1) is 17.8 Å². The Balaban J connectivity index is 1.76. The van der Waals surface area contributed by atoms with Gasteiger partial charge in [-0.25, -0.2) is 0 Å². The highest BCUT2D eigenvalue weighted by molar-refractivity contribution is 5.76. The smallest absolute Gasteiger partial charge is 0.222 e. The van der Waals surface area contributed by atoms with Gasteiger partial charge in [-0.2, -0.15) is 0 Å². The van der Waals surface area contributed by atoms with E-state index in [1.165, 1.54) is 51.4 Å². The zero-order valence-corrected chi connectivity index (χ0v) is 13.3. The Morgan fingerprint density at radius 3 is 2.35 bits per heavy atom. The maximum Gasteiger partial charge on any atom is 0.222 e. The molecular formula is C17H32N2O. The minimum atomic E-state index is 0.375. The summed E-state index contributed by atoms with van der Waals surface area (Å²) in [6.07, 6.45) is 10.6. The van der Waals surface area contributed by atoms with E-state index in [9.17, 15) is 4.79 Å². The van der Waals surface area contributed by atoms with Crippen LogP contribution in [0.3, 0.4) is 0 Å². The second-order valence-electron chi connectivity index (χ2n) is 7.26. The van der Waals surface area contributed by atoms with Crippen LogP contribution in [-0.4, -0.2) is 30.4 Å². The molecule has 0 aromatic rings. The van der Waals surface area contributed by atoms with Crippen LogP contribution in [0.15, 0.2) is 0 Å². The number of hydrogen-bond donors (Lipinski definition) is 1. The number of carbonyl (C=O) groups excluding carboxylic acids is 1. The highest BCUT2D eigenvalue weighted by Gasteiger charge is 2.28. The first-order valence-electron chi connectivity index (χ1n) is 8.55. The van der Waals surface area contributed by atoms with E-state index in [4.69, 9.17) is 5.73 Å². The SMILES string of the molecule is CC1CCCC(N(C)C(=O)CC2CCC(CN)CC2)C1. The normalized spacial score (nSPS) is 34.8. The van der Waals surface area contributed by atoms with Gasteiger partial charge in [-0.3, -0.25) is 4.79 Å². The number of amides is 1. The standard InChI is InChI=1S/C17H32N2O/c1-13-4-3-5-16(10-13)19(2)17(20)11-14-6-8-15(12-18)9-7-14/h13-16H,3-12,18H2,1-2H3. The highest BCUT2D eigenvalue weighted by Crippen LogP contribution is 2.32. The van der Waals surface area contributed by atoms with Crippen molar-refractivity contribution in [2.75, 3.05) is 13.6 Å². The molecule has 2 aliphatic carbocycles. The molecule has 0 spiro atoms. The monoisotopic (exact) mass is 280 g/mol. The van der Waals surface area contributed by atoms with Crippen molar-refractivity contribution in [2.24, 2.45) is 23.5 Å². The van der Waals surface area contributed by atoms with Gasteiger partial charge >= 0.3 is 0 Å². The van der Waals surface area contributed by atoms with Crippen LogP contribution in [0.2, 0.25) is 0 Å². The van der Waals surface area contributed by atoms with Crippen molar-refractivity contribution in [1.29, 1.82) is 0 Å². The summed E-state index contributed by atoms with van der Waals surface area (Å²) in [6, 6.07) is 0.492. The van der Waals surface area contributed by atoms with Crippen molar-refractivity contribution in [3.05, 3.63) is 0 Å². The number of hydrogen-bond acceptors (Lipinski definition) is 2. The lowest BCUT2D eigenvalue weighted by Gasteiger charge is -2.35. The average Bonchev–Trinajstić information content (AvgIpc) is 2.47.